The molecule has 0 bridgehead atoms. The van der Waals surface area contributed by atoms with Crippen LogP contribution in [0.2, 0.25) is 0 Å². The standard InChI is InChI=1S/C9H7FN2O/c10-7-2-9-6(1-5(7)3-11)8(12)4-13-9/h1-2,8H,4,12H2. The van der Waals surface area contributed by atoms with Crippen LogP contribution in [-0.4, -0.2) is 6.61 Å². The number of benzene rings is 1. The largest absolute Gasteiger partial charge is 0.491 e. The van der Waals surface area contributed by atoms with E-state index >= 15 is 0 Å². The molecule has 66 valence electrons. The summed E-state index contributed by atoms with van der Waals surface area (Å²) in [7, 11) is 0. The Bertz CT molecular complexity index is 397. The van der Waals surface area contributed by atoms with Gasteiger partial charge in [0.15, 0.2) is 0 Å². The number of hydrogen-bond donors (Lipinski definition) is 1. The van der Waals surface area contributed by atoms with Crippen LogP contribution in [0.5, 0.6) is 5.75 Å². The van der Waals surface area contributed by atoms with Gasteiger partial charge in [-0.25, -0.2) is 4.39 Å². The van der Waals surface area contributed by atoms with Crippen LogP contribution in [0, 0.1) is 17.1 Å². The number of fused-ring (bicyclic) bond motifs is 1. The molecule has 0 spiro atoms. The van der Waals surface area contributed by atoms with Gasteiger partial charge in [-0.15, -0.1) is 0 Å². The lowest BCUT2D eigenvalue weighted by Crippen LogP contribution is -2.10. The van der Waals surface area contributed by atoms with Crippen molar-refractivity contribution in [3.8, 4) is 11.8 Å². The molecule has 1 heterocycles. The molecule has 1 unspecified atom stereocenters. The van der Waals surface area contributed by atoms with Crippen molar-refractivity contribution >= 4 is 0 Å². The zero-order valence-corrected chi connectivity index (χ0v) is 6.75. The molecule has 2 rings (SSSR count). The topological polar surface area (TPSA) is 59.0 Å². The second-order valence-electron chi connectivity index (χ2n) is 2.90. The maximum Gasteiger partial charge on any atom is 0.144 e. The van der Waals surface area contributed by atoms with E-state index in [1.165, 1.54) is 12.1 Å². The highest BCUT2D eigenvalue weighted by atomic mass is 19.1. The van der Waals surface area contributed by atoms with Crippen LogP contribution in [0.15, 0.2) is 12.1 Å². The van der Waals surface area contributed by atoms with E-state index in [4.69, 9.17) is 15.7 Å². The molecular formula is C9H7FN2O. The van der Waals surface area contributed by atoms with Gasteiger partial charge in [0.25, 0.3) is 0 Å². The predicted octanol–water partition coefficient (Wildman–Crippen LogP) is 1.09. The third-order valence-electron chi connectivity index (χ3n) is 2.04. The van der Waals surface area contributed by atoms with Gasteiger partial charge in [-0.2, -0.15) is 5.26 Å². The average Bonchev–Trinajstić information content (AvgIpc) is 2.46. The van der Waals surface area contributed by atoms with E-state index in [9.17, 15) is 4.39 Å². The summed E-state index contributed by atoms with van der Waals surface area (Å²) >= 11 is 0. The fraction of sp³-hybridized carbons (Fsp3) is 0.222. The Hall–Kier alpha value is -1.60. The number of hydrogen-bond acceptors (Lipinski definition) is 3. The summed E-state index contributed by atoms with van der Waals surface area (Å²) in [4.78, 5) is 0. The molecule has 0 saturated heterocycles. The second-order valence-corrected chi connectivity index (χ2v) is 2.90. The lowest BCUT2D eigenvalue weighted by atomic mass is 10.1. The molecule has 0 fully saturated rings. The van der Waals surface area contributed by atoms with Crippen LogP contribution in [0.3, 0.4) is 0 Å². The van der Waals surface area contributed by atoms with Crippen LogP contribution >= 0.6 is 0 Å². The summed E-state index contributed by atoms with van der Waals surface area (Å²) < 4.78 is 18.1. The molecule has 0 aliphatic carbocycles. The summed E-state index contributed by atoms with van der Waals surface area (Å²) in [6.07, 6.45) is 0. The molecule has 2 N–H and O–H groups in total. The molecule has 1 aliphatic rings. The smallest absolute Gasteiger partial charge is 0.144 e. The Morgan fingerprint density at radius 2 is 2.38 bits per heavy atom. The Morgan fingerprint density at radius 1 is 1.62 bits per heavy atom. The second kappa shape index (κ2) is 2.71. The van der Waals surface area contributed by atoms with Crippen molar-refractivity contribution in [2.75, 3.05) is 6.61 Å². The molecule has 1 aliphatic heterocycles. The van der Waals surface area contributed by atoms with Gasteiger partial charge in [-0.1, -0.05) is 0 Å². The van der Waals surface area contributed by atoms with Crippen molar-refractivity contribution in [2.24, 2.45) is 5.73 Å². The molecule has 1 atom stereocenters. The molecule has 4 heteroatoms. The van der Waals surface area contributed by atoms with E-state index < -0.39 is 5.82 Å². The van der Waals surface area contributed by atoms with Gasteiger partial charge in [0, 0.05) is 11.6 Å². The van der Waals surface area contributed by atoms with Crippen molar-refractivity contribution in [1.29, 1.82) is 5.26 Å². The van der Waals surface area contributed by atoms with Crippen molar-refractivity contribution in [2.45, 2.75) is 6.04 Å². The van der Waals surface area contributed by atoms with Crippen molar-refractivity contribution < 1.29 is 9.13 Å². The normalized spacial score (nSPS) is 19.0. The Balaban J connectivity index is 2.59. The fourth-order valence-electron chi connectivity index (χ4n) is 1.34. The van der Waals surface area contributed by atoms with E-state index in [2.05, 4.69) is 0 Å². The number of rotatable bonds is 0. The predicted molar refractivity (Wildman–Crippen MR) is 43.5 cm³/mol. The van der Waals surface area contributed by atoms with Gasteiger partial charge in [-0.05, 0) is 6.07 Å². The van der Waals surface area contributed by atoms with Gasteiger partial charge in [0.1, 0.15) is 24.2 Å². The molecule has 0 radical (unpaired) electrons. The van der Waals surface area contributed by atoms with Crippen LogP contribution in [0.4, 0.5) is 4.39 Å². The minimum Gasteiger partial charge on any atom is -0.491 e. The first-order valence-electron chi connectivity index (χ1n) is 3.84. The number of nitrogens with zero attached hydrogens (tertiary/aromatic N) is 1. The van der Waals surface area contributed by atoms with Crippen LogP contribution in [0.1, 0.15) is 17.2 Å². The Kier molecular flexibility index (Phi) is 1.67. The van der Waals surface area contributed by atoms with Gasteiger partial charge < -0.3 is 10.5 Å². The third-order valence-corrected chi connectivity index (χ3v) is 2.04. The molecule has 13 heavy (non-hydrogen) atoms. The maximum absolute atomic E-state index is 13.0. The first-order valence-corrected chi connectivity index (χ1v) is 3.84. The summed E-state index contributed by atoms with van der Waals surface area (Å²) in [5, 5.41) is 8.56. The first kappa shape index (κ1) is 8.02. The summed E-state index contributed by atoms with van der Waals surface area (Å²) in [5.41, 5.74) is 6.38. The zero-order valence-electron chi connectivity index (χ0n) is 6.75. The van der Waals surface area contributed by atoms with Crippen LogP contribution in [-0.2, 0) is 0 Å². The minimum absolute atomic E-state index is 0.0136. The lowest BCUT2D eigenvalue weighted by molar-refractivity contribution is 0.332. The molecule has 0 aromatic heterocycles. The fourth-order valence-corrected chi connectivity index (χ4v) is 1.34. The highest BCUT2D eigenvalue weighted by molar-refractivity contribution is 5.46. The number of halogens is 1. The van der Waals surface area contributed by atoms with E-state index in [0.717, 1.165) is 0 Å². The zero-order chi connectivity index (χ0) is 9.42. The number of ether oxygens (including phenoxy) is 1. The SMILES string of the molecule is N#Cc1cc2c(cc1F)OCC2N. The number of nitrogens with two attached hydrogens (primary N) is 1. The number of nitriles is 1. The van der Waals surface area contributed by atoms with Gasteiger partial charge in [0.2, 0.25) is 0 Å². The van der Waals surface area contributed by atoms with Gasteiger partial charge in [0.05, 0.1) is 11.6 Å². The first-order chi connectivity index (χ1) is 6.22. The van der Waals surface area contributed by atoms with Crippen molar-refractivity contribution in [1.82, 2.24) is 0 Å². The summed E-state index contributed by atoms with van der Waals surface area (Å²) in [5.74, 6) is -0.112. The Morgan fingerprint density at radius 3 is 3.08 bits per heavy atom. The maximum atomic E-state index is 13.0. The monoisotopic (exact) mass is 178 g/mol. The van der Waals surface area contributed by atoms with Gasteiger partial charge >= 0.3 is 0 Å². The Labute approximate surface area is 74.5 Å². The minimum atomic E-state index is -0.560. The highest BCUT2D eigenvalue weighted by Crippen LogP contribution is 2.32. The molecule has 0 amide bonds. The highest BCUT2D eigenvalue weighted by Gasteiger charge is 2.22. The van der Waals surface area contributed by atoms with E-state index in [1.807, 2.05) is 0 Å². The van der Waals surface area contributed by atoms with E-state index in [0.29, 0.717) is 17.9 Å². The molecule has 0 saturated carbocycles. The van der Waals surface area contributed by atoms with E-state index in [-0.39, 0.29) is 11.6 Å². The quantitative estimate of drug-likeness (QED) is 0.646. The van der Waals surface area contributed by atoms with Crippen LogP contribution < -0.4 is 10.5 Å². The molecular weight excluding hydrogens is 171 g/mol. The third kappa shape index (κ3) is 1.14. The summed E-state index contributed by atoms with van der Waals surface area (Å²) in [6, 6.07) is 4.17. The lowest BCUT2D eigenvalue weighted by Gasteiger charge is -2.01. The van der Waals surface area contributed by atoms with Crippen molar-refractivity contribution in [3.63, 3.8) is 0 Å². The van der Waals surface area contributed by atoms with Crippen molar-refractivity contribution in [3.05, 3.63) is 29.1 Å². The van der Waals surface area contributed by atoms with Gasteiger partial charge in [-0.3, -0.25) is 0 Å². The molecule has 1 aromatic carbocycles. The average molecular weight is 178 g/mol. The molecule has 3 nitrogen and oxygen atoms in total. The van der Waals surface area contributed by atoms with Crippen LogP contribution in [0.25, 0.3) is 0 Å². The van der Waals surface area contributed by atoms with E-state index in [1.54, 1.807) is 6.07 Å². The summed E-state index contributed by atoms with van der Waals surface area (Å²) in [6.45, 7) is 0.351. The molecule has 1 aromatic rings.